The monoisotopic (exact) mass is 488 g/mol. The second-order valence-electron chi connectivity index (χ2n) is 11.6. The van der Waals surface area contributed by atoms with Crippen LogP contribution in [0.4, 0.5) is 0 Å². The van der Waals surface area contributed by atoms with E-state index >= 15 is 0 Å². The first-order valence-corrected chi connectivity index (χ1v) is 14.6. The summed E-state index contributed by atoms with van der Waals surface area (Å²) < 4.78 is 0. The molecule has 36 heavy (non-hydrogen) atoms. The van der Waals surface area contributed by atoms with Crippen molar-refractivity contribution in [2.75, 3.05) is 66.0 Å². The van der Waals surface area contributed by atoms with Gasteiger partial charge in [-0.1, -0.05) is 74.5 Å². The molecule has 2 bridgehead atoms. The Morgan fingerprint density at radius 3 is 1.86 bits per heavy atom. The summed E-state index contributed by atoms with van der Waals surface area (Å²) in [5, 5.41) is 0. The lowest BCUT2D eigenvalue weighted by molar-refractivity contribution is -0.0000220. The van der Waals surface area contributed by atoms with Gasteiger partial charge in [0.1, 0.15) is 0 Å². The summed E-state index contributed by atoms with van der Waals surface area (Å²) >= 11 is 0. The molecule has 1 saturated carbocycles. The average molecular weight is 489 g/mol. The SMILES string of the molecule is CCN(CC)CCCN1CCC2(N3CCN(C)CC3)C[C@H](c3ccccc3)C1[C@@H](c1ccccc1)C2. The summed E-state index contributed by atoms with van der Waals surface area (Å²) in [5.74, 6) is 1.17. The third-order valence-electron chi connectivity index (χ3n) is 9.75. The van der Waals surface area contributed by atoms with E-state index in [9.17, 15) is 0 Å². The molecule has 0 unspecified atom stereocenters. The van der Waals surface area contributed by atoms with Gasteiger partial charge in [0.2, 0.25) is 0 Å². The van der Waals surface area contributed by atoms with Gasteiger partial charge in [0.05, 0.1) is 0 Å². The van der Waals surface area contributed by atoms with Gasteiger partial charge >= 0.3 is 0 Å². The first kappa shape index (κ1) is 25.9. The van der Waals surface area contributed by atoms with Crippen LogP contribution < -0.4 is 0 Å². The van der Waals surface area contributed by atoms with E-state index < -0.39 is 0 Å². The predicted molar refractivity (Wildman–Crippen MR) is 152 cm³/mol. The molecule has 3 heterocycles. The predicted octanol–water partition coefficient (Wildman–Crippen LogP) is 5.14. The molecule has 0 N–H and O–H groups in total. The van der Waals surface area contributed by atoms with Gasteiger partial charge in [0, 0.05) is 56.1 Å². The van der Waals surface area contributed by atoms with E-state index in [0.717, 1.165) is 13.1 Å². The van der Waals surface area contributed by atoms with Gasteiger partial charge < -0.3 is 9.80 Å². The first-order chi connectivity index (χ1) is 17.6. The van der Waals surface area contributed by atoms with Crippen LogP contribution in [0.3, 0.4) is 0 Å². The van der Waals surface area contributed by atoms with Crippen LogP contribution in [0, 0.1) is 0 Å². The zero-order valence-corrected chi connectivity index (χ0v) is 23.0. The van der Waals surface area contributed by atoms with Crippen LogP contribution in [0.1, 0.15) is 62.5 Å². The standard InChI is InChI=1S/C32H48N4/c1-4-34(5-2)18-12-19-35-20-17-32(36-23-21-33(3)22-24-36)25-29(27-13-8-6-9-14-27)31(35)30(26-32)28-15-10-7-11-16-28/h6-11,13-16,29-31H,4-5,12,17-26H2,1-3H3/t29-,30-,31?,32?/m1/s1. The number of rotatable bonds is 9. The van der Waals surface area contributed by atoms with Crippen LogP contribution >= 0.6 is 0 Å². The molecular formula is C32H48N4. The molecule has 0 aromatic heterocycles. The highest BCUT2D eigenvalue weighted by atomic mass is 15.3. The third kappa shape index (κ3) is 5.43. The zero-order chi connectivity index (χ0) is 25.0. The van der Waals surface area contributed by atoms with Gasteiger partial charge in [-0.2, -0.15) is 0 Å². The van der Waals surface area contributed by atoms with E-state index in [-0.39, 0.29) is 0 Å². The topological polar surface area (TPSA) is 13.0 Å². The highest BCUT2D eigenvalue weighted by Gasteiger charge is 2.54. The normalized spacial score (nSPS) is 30.1. The van der Waals surface area contributed by atoms with Gasteiger partial charge in [0.15, 0.2) is 0 Å². The summed E-state index contributed by atoms with van der Waals surface area (Å²) in [6.07, 6.45) is 5.19. The zero-order valence-electron chi connectivity index (χ0n) is 23.0. The van der Waals surface area contributed by atoms with Gasteiger partial charge in [-0.05, 0) is 70.0 Å². The van der Waals surface area contributed by atoms with E-state index in [1.807, 2.05) is 0 Å². The summed E-state index contributed by atoms with van der Waals surface area (Å²) in [7, 11) is 2.29. The van der Waals surface area contributed by atoms with Crippen LogP contribution in [0.5, 0.6) is 0 Å². The fraction of sp³-hybridized carbons (Fsp3) is 0.625. The van der Waals surface area contributed by atoms with E-state index in [1.165, 1.54) is 71.5 Å². The summed E-state index contributed by atoms with van der Waals surface area (Å²) in [6, 6.07) is 23.7. The highest BCUT2D eigenvalue weighted by Crippen LogP contribution is 2.54. The molecule has 4 nitrogen and oxygen atoms in total. The molecule has 3 aliphatic heterocycles. The second kappa shape index (κ2) is 11.8. The first-order valence-electron chi connectivity index (χ1n) is 14.6. The van der Waals surface area contributed by atoms with Crippen LogP contribution in [-0.4, -0.2) is 97.1 Å². The van der Waals surface area contributed by atoms with Crippen molar-refractivity contribution < 1.29 is 0 Å². The maximum absolute atomic E-state index is 2.93. The molecule has 1 aliphatic carbocycles. The average Bonchev–Trinajstić information content (AvgIpc) is 3.20. The number of piperazine rings is 1. The van der Waals surface area contributed by atoms with Crippen LogP contribution in [0.15, 0.2) is 60.7 Å². The lowest BCUT2D eigenvalue weighted by Gasteiger charge is -2.54. The molecule has 6 rings (SSSR count). The minimum atomic E-state index is 0.298. The lowest BCUT2D eigenvalue weighted by atomic mass is 9.63. The van der Waals surface area contributed by atoms with Crippen molar-refractivity contribution >= 4 is 0 Å². The molecule has 4 fully saturated rings. The molecule has 3 saturated heterocycles. The maximum atomic E-state index is 2.93. The number of hydrogen-bond acceptors (Lipinski definition) is 4. The van der Waals surface area contributed by atoms with Crippen molar-refractivity contribution in [1.82, 2.24) is 19.6 Å². The molecule has 2 aromatic carbocycles. The minimum Gasteiger partial charge on any atom is -0.304 e. The Morgan fingerprint density at radius 2 is 1.33 bits per heavy atom. The van der Waals surface area contributed by atoms with Gasteiger partial charge in [-0.15, -0.1) is 0 Å². The van der Waals surface area contributed by atoms with E-state index in [2.05, 4.69) is 101 Å². The van der Waals surface area contributed by atoms with Crippen LogP contribution in [0.25, 0.3) is 0 Å². The van der Waals surface area contributed by atoms with Crippen LogP contribution in [-0.2, 0) is 0 Å². The largest absolute Gasteiger partial charge is 0.304 e. The number of hydrogen-bond donors (Lipinski definition) is 0. The number of fused-ring (bicyclic) bond motifs is 4. The van der Waals surface area contributed by atoms with Crippen LogP contribution in [0.2, 0.25) is 0 Å². The number of nitrogens with zero attached hydrogens (tertiary/aromatic N) is 4. The Labute approximate surface area is 220 Å². The summed E-state index contributed by atoms with van der Waals surface area (Å²) in [5.41, 5.74) is 3.40. The van der Waals surface area contributed by atoms with Gasteiger partial charge in [-0.25, -0.2) is 0 Å². The molecule has 2 aromatic rings. The molecule has 4 aliphatic rings. The van der Waals surface area contributed by atoms with Gasteiger partial charge in [-0.3, -0.25) is 9.80 Å². The minimum absolute atomic E-state index is 0.298. The summed E-state index contributed by atoms with van der Waals surface area (Å²) in [6.45, 7) is 15.4. The maximum Gasteiger partial charge on any atom is 0.0235 e. The Kier molecular flexibility index (Phi) is 8.47. The molecular weight excluding hydrogens is 440 g/mol. The highest BCUT2D eigenvalue weighted by molar-refractivity contribution is 5.32. The number of benzene rings is 2. The smallest absolute Gasteiger partial charge is 0.0235 e. The van der Waals surface area contributed by atoms with E-state index in [0.29, 0.717) is 23.4 Å². The molecule has 0 radical (unpaired) electrons. The van der Waals surface area contributed by atoms with Crippen molar-refractivity contribution in [2.24, 2.45) is 0 Å². The lowest BCUT2D eigenvalue weighted by Crippen LogP contribution is -2.59. The third-order valence-corrected chi connectivity index (χ3v) is 9.75. The second-order valence-corrected chi connectivity index (χ2v) is 11.6. The fourth-order valence-corrected chi connectivity index (χ4v) is 7.66. The molecule has 0 spiro atoms. The van der Waals surface area contributed by atoms with Gasteiger partial charge in [0.25, 0.3) is 0 Å². The van der Waals surface area contributed by atoms with Crippen molar-refractivity contribution in [3.8, 4) is 0 Å². The molecule has 0 amide bonds. The van der Waals surface area contributed by atoms with Crippen molar-refractivity contribution in [2.45, 2.75) is 62.9 Å². The van der Waals surface area contributed by atoms with E-state index in [1.54, 1.807) is 11.1 Å². The van der Waals surface area contributed by atoms with Crippen molar-refractivity contribution in [1.29, 1.82) is 0 Å². The molecule has 2 atom stereocenters. The quantitative estimate of drug-likeness (QED) is 0.484. The Bertz CT molecular complexity index is 870. The Morgan fingerprint density at radius 1 is 0.778 bits per heavy atom. The molecule has 4 heteroatoms. The number of likely N-dealkylation sites (N-methyl/N-ethyl adjacent to an activating group) is 1. The van der Waals surface area contributed by atoms with Crippen molar-refractivity contribution in [3.05, 3.63) is 71.8 Å². The Hall–Kier alpha value is -1.72. The van der Waals surface area contributed by atoms with E-state index in [4.69, 9.17) is 0 Å². The molecule has 196 valence electrons. The Balaban J connectivity index is 1.51. The van der Waals surface area contributed by atoms with Crippen molar-refractivity contribution in [3.63, 3.8) is 0 Å². The summed E-state index contributed by atoms with van der Waals surface area (Å²) in [4.78, 5) is 11.0. The fourth-order valence-electron chi connectivity index (χ4n) is 7.66.